The normalized spacial score (nSPS) is 16.8. The van der Waals surface area contributed by atoms with Crippen molar-refractivity contribution in [1.82, 2.24) is 0 Å². The third kappa shape index (κ3) is 4.36. The van der Waals surface area contributed by atoms with Crippen LogP contribution in [0.5, 0.6) is 0 Å². The highest BCUT2D eigenvalue weighted by Crippen LogP contribution is 2.29. The van der Waals surface area contributed by atoms with Gasteiger partial charge in [-0.3, -0.25) is 0 Å². The smallest absolute Gasteiger partial charge is 0.0517 e. The second-order valence-electron chi connectivity index (χ2n) is 4.94. The zero-order valence-corrected chi connectivity index (χ0v) is 10.7. The summed E-state index contributed by atoms with van der Waals surface area (Å²) < 4.78 is 0. The van der Waals surface area contributed by atoms with E-state index in [9.17, 15) is 5.11 Å². The van der Waals surface area contributed by atoms with E-state index in [1.807, 2.05) is 13.0 Å². The van der Waals surface area contributed by atoms with Gasteiger partial charge in [0, 0.05) is 0 Å². The summed E-state index contributed by atoms with van der Waals surface area (Å²) in [5, 5.41) is 9.57. The monoisotopic (exact) mass is 220 g/mol. The lowest BCUT2D eigenvalue weighted by Gasteiger charge is -2.22. The van der Waals surface area contributed by atoms with E-state index in [4.69, 9.17) is 0 Å². The maximum atomic E-state index is 9.57. The van der Waals surface area contributed by atoms with Crippen molar-refractivity contribution < 1.29 is 5.11 Å². The molecular formula is C15H24O. The molecule has 1 N–H and O–H groups in total. The predicted molar refractivity (Wildman–Crippen MR) is 69.6 cm³/mol. The highest BCUT2D eigenvalue weighted by atomic mass is 16.3. The van der Waals surface area contributed by atoms with Gasteiger partial charge >= 0.3 is 0 Å². The Morgan fingerprint density at radius 3 is 2.19 bits per heavy atom. The zero-order valence-electron chi connectivity index (χ0n) is 10.7. The van der Waals surface area contributed by atoms with E-state index in [1.54, 1.807) is 0 Å². The average Bonchev–Trinajstić information content (AvgIpc) is 2.28. The van der Waals surface area contributed by atoms with Crippen molar-refractivity contribution in [2.24, 2.45) is 5.92 Å². The molecule has 0 aliphatic rings. The molecule has 1 heteroatoms. The Kier molecular flexibility index (Phi) is 5.54. The molecule has 0 radical (unpaired) electrons. The molecule has 0 bridgehead atoms. The molecular weight excluding hydrogens is 196 g/mol. The summed E-state index contributed by atoms with van der Waals surface area (Å²) in [6.07, 6.45) is 3.04. The van der Waals surface area contributed by atoms with E-state index >= 15 is 0 Å². The Morgan fingerprint density at radius 2 is 1.69 bits per heavy atom. The van der Waals surface area contributed by atoms with Crippen LogP contribution in [0, 0.1) is 5.92 Å². The predicted octanol–water partition coefficient (Wildman–Crippen LogP) is 3.98. The third-order valence-corrected chi connectivity index (χ3v) is 3.28. The number of aliphatic hydroxyl groups excluding tert-OH is 1. The second-order valence-corrected chi connectivity index (χ2v) is 4.94. The molecule has 0 aliphatic carbocycles. The molecule has 1 aromatic rings. The van der Waals surface area contributed by atoms with Crippen molar-refractivity contribution in [1.29, 1.82) is 0 Å². The van der Waals surface area contributed by atoms with Crippen LogP contribution in [-0.4, -0.2) is 11.2 Å². The van der Waals surface area contributed by atoms with E-state index in [-0.39, 0.29) is 6.10 Å². The molecule has 16 heavy (non-hydrogen) atoms. The van der Waals surface area contributed by atoms with Crippen molar-refractivity contribution in [2.45, 2.75) is 52.1 Å². The maximum Gasteiger partial charge on any atom is 0.0517 e. The molecule has 0 amide bonds. The summed E-state index contributed by atoms with van der Waals surface area (Å²) in [5.74, 6) is 1.22. The van der Waals surface area contributed by atoms with E-state index in [0.717, 1.165) is 12.3 Å². The minimum absolute atomic E-state index is 0.214. The van der Waals surface area contributed by atoms with Gasteiger partial charge < -0.3 is 5.11 Å². The SMILES string of the molecule is CCC(C)CC(CC(C)O)c1ccccc1. The Balaban J connectivity index is 2.71. The molecule has 3 unspecified atom stereocenters. The van der Waals surface area contributed by atoms with Crippen LogP contribution < -0.4 is 0 Å². The number of aliphatic hydroxyl groups is 1. The molecule has 0 aromatic heterocycles. The fourth-order valence-corrected chi connectivity index (χ4v) is 2.16. The summed E-state index contributed by atoms with van der Waals surface area (Å²) in [7, 11) is 0. The number of hydrogen-bond acceptors (Lipinski definition) is 1. The number of rotatable bonds is 6. The molecule has 0 heterocycles. The lowest BCUT2D eigenvalue weighted by molar-refractivity contribution is 0.169. The minimum atomic E-state index is -0.214. The molecule has 0 aliphatic heterocycles. The van der Waals surface area contributed by atoms with Crippen LogP contribution in [0.4, 0.5) is 0 Å². The van der Waals surface area contributed by atoms with E-state index in [0.29, 0.717) is 5.92 Å². The topological polar surface area (TPSA) is 20.2 Å². The van der Waals surface area contributed by atoms with Crippen molar-refractivity contribution in [2.75, 3.05) is 0 Å². The molecule has 0 fully saturated rings. The van der Waals surface area contributed by atoms with Crippen LogP contribution in [0.25, 0.3) is 0 Å². The van der Waals surface area contributed by atoms with Gasteiger partial charge in [0.1, 0.15) is 0 Å². The largest absolute Gasteiger partial charge is 0.393 e. The van der Waals surface area contributed by atoms with E-state index in [2.05, 4.69) is 38.1 Å². The van der Waals surface area contributed by atoms with Gasteiger partial charge in [-0.05, 0) is 37.2 Å². The van der Waals surface area contributed by atoms with Gasteiger partial charge in [0.25, 0.3) is 0 Å². The first-order chi connectivity index (χ1) is 7.63. The molecule has 3 atom stereocenters. The summed E-state index contributed by atoms with van der Waals surface area (Å²) in [6, 6.07) is 10.6. The number of hydrogen-bond donors (Lipinski definition) is 1. The van der Waals surface area contributed by atoms with Gasteiger partial charge in [0.2, 0.25) is 0 Å². The Hall–Kier alpha value is -0.820. The van der Waals surface area contributed by atoms with Gasteiger partial charge in [-0.15, -0.1) is 0 Å². The quantitative estimate of drug-likeness (QED) is 0.769. The molecule has 90 valence electrons. The lowest BCUT2D eigenvalue weighted by atomic mass is 9.85. The first-order valence-electron chi connectivity index (χ1n) is 6.36. The van der Waals surface area contributed by atoms with Gasteiger partial charge in [0.05, 0.1) is 6.10 Å². The van der Waals surface area contributed by atoms with Crippen molar-refractivity contribution >= 4 is 0 Å². The molecule has 1 nitrogen and oxygen atoms in total. The van der Waals surface area contributed by atoms with Gasteiger partial charge in [0.15, 0.2) is 0 Å². The van der Waals surface area contributed by atoms with E-state index < -0.39 is 0 Å². The Labute approximate surface area is 99.5 Å². The summed E-state index contributed by atoms with van der Waals surface area (Å²) in [5.41, 5.74) is 1.36. The van der Waals surface area contributed by atoms with Crippen LogP contribution in [0.3, 0.4) is 0 Å². The van der Waals surface area contributed by atoms with Gasteiger partial charge in [-0.25, -0.2) is 0 Å². The summed E-state index contributed by atoms with van der Waals surface area (Å²) >= 11 is 0. The second kappa shape index (κ2) is 6.70. The molecule has 1 rings (SSSR count). The van der Waals surface area contributed by atoms with Crippen LogP contribution in [0.2, 0.25) is 0 Å². The molecule has 0 saturated carbocycles. The maximum absolute atomic E-state index is 9.57. The minimum Gasteiger partial charge on any atom is -0.393 e. The Bertz CT molecular complexity index is 279. The first kappa shape index (κ1) is 13.2. The van der Waals surface area contributed by atoms with Gasteiger partial charge in [-0.2, -0.15) is 0 Å². The van der Waals surface area contributed by atoms with Crippen molar-refractivity contribution in [3.8, 4) is 0 Å². The summed E-state index contributed by atoms with van der Waals surface area (Å²) in [6.45, 7) is 6.40. The van der Waals surface area contributed by atoms with Crippen LogP contribution in [0.1, 0.15) is 51.5 Å². The summed E-state index contributed by atoms with van der Waals surface area (Å²) in [4.78, 5) is 0. The van der Waals surface area contributed by atoms with Crippen LogP contribution in [0.15, 0.2) is 30.3 Å². The molecule has 0 spiro atoms. The van der Waals surface area contributed by atoms with E-state index in [1.165, 1.54) is 18.4 Å². The molecule has 0 saturated heterocycles. The van der Waals surface area contributed by atoms with Crippen LogP contribution >= 0.6 is 0 Å². The lowest BCUT2D eigenvalue weighted by Crippen LogP contribution is -2.11. The highest BCUT2D eigenvalue weighted by molar-refractivity contribution is 5.19. The average molecular weight is 220 g/mol. The van der Waals surface area contributed by atoms with Crippen molar-refractivity contribution in [3.05, 3.63) is 35.9 Å². The van der Waals surface area contributed by atoms with Crippen molar-refractivity contribution in [3.63, 3.8) is 0 Å². The zero-order chi connectivity index (χ0) is 12.0. The Morgan fingerprint density at radius 1 is 1.06 bits per heavy atom. The third-order valence-electron chi connectivity index (χ3n) is 3.28. The first-order valence-corrected chi connectivity index (χ1v) is 6.36. The molecule has 1 aromatic carbocycles. The van der Waals surface area contributed by atoms with Crippen LogP contribution in [-0.2, 0) is 0 Å². The standard InChI is InChI=1S/C15H24O/c1-4-12(2)10-15(11-13(3)16)14-8-6-5-7-9-14/h5-9,12-13,15-16H,4,10-11H2,1-3H3. The fourth-order valence-electron chi connectivity index (χ4n) is 2.16. The highest BCUT2D eigenvalue weighted by Gasteiger charge is 2.16. The van der Waals surface area contributed by atoms with Gasteiger partial charge in [-0.1, -0.05) is 50.6 Å². The number of benzene rings is 1. The fraction of sp³-hybridized carbons (Fsp3) is 0.600.